The van der Waals surface area contributed by atoms with E-state index in [-0.39, 0.29) is 11.1 Å². The lowest BCUT2D eigenvalue weighted by molar-refractivity contribution is 0.0691. The van der Waals surface area contributed by atoms with Gasteiger partial charge in [-0.05, 0) is 55.9 Å². The largest absolute Gasteiger partial charge is 0.477 e. The molecule has 2 aliphatic heterocycles. The highest BCUT2D eigenvalue weighted by atomic mass is 16.4. The Kier molecular flexibility index (Phi) is 3.58. The predicted molar refractivity (Wildman–Crippen MR) is 113 cm³/mol. The lowest BCUT2D eigenvalue weighted by Crippen LogP contribution is -2.46. The van der Waals surface area contributed by atoms with Gasteiger partial charge in [0.2, 0.25) is 0 Å². The Morgan fingerprint density at radius 2 is 1.93 bits per heavy atom. The Hall–Kier alpha value is -3.28. The summed E-state index contributed by atoms with van der Waals surface area (Å²) < 4.78 is 7.45. The summed E-state index contributed by atoms with van der Waals surface area (Å²) in [6, 6.07) is 7.96. The maximum Gasteiger partial charge on any atom is 0.341 e. The second kappa shape index (κ2) is 6.11. The molecule has 0 bridgehead atoms. The minimum Gasteiger partial charge on any atom is -0.477 e. The van der Waals surface area contributed by atoms with E-state index in [1.807, 2.05) is 6.07 Å². The first-order valence-corrected chi connectivity index (χ1v) is 10.5. The van der Waals surface area contributed by atoms with Crippen LogP contribution >= 0.6 is 0 Å². The summed E-state index contributed by atoms with van der Waals surface area (Å²) in [6.07, 6.45) is 10.2. The van der Waals surface area contributed by atoms with Crippen LogP contribution in [0.2, 0.25) is 0 Å². The smallest absolute Gasteiger partial charge is 0.341 e. The number of anilines is 1. The minimum absolute atomic E-state index is 0.133. The summed E-state index contributed by atoms with van der Waals surface area (Å²) in [7, 11) is 0. The van der Waals surface area contributed by atoms with Crippen LogP contribution in [0.3, 0.4) is 0 Å². The fourth-order valence-corrected chi connectivity index (χ4v) is 5.22. The van der Waals surface area contributed by atoms with Crippen molar-refractivity contribution in [1.82, 2.24) is 4.57 Å². The summed E-state index contributed by atoms with van der Waals surface area (Å²) in [5.41, 5.74) is 5.76. The van der Waals surface area contributed by atoms with Gasteiger partial charge < -0.3 is 19.0 Å². The van der Waals surface area contributed by atoms with Gasteiger partial charge in [-0.15, -0.1) is 0 Å². The van der Waals surface area contributed by atoms with Crippen LogP contribution in [0.5, 0.6) is 0 Å². The lowest BCUT2D eigenvalue weighted by atomic mass is 9.69. The van der Waals surface area contributed by atoms with E-state index in [0.717, 1.165) is 66.8 Å². The van der Waals surface area contributed by atoms with Gasteiger partial charge in [0, 0.05) is 53.3 Å². The average molecular weight is 402 g/mol. The van der Waals surface area contributed by atoms with Crippen LogP contribution in [-0.4, -0.2) is 28.7 Å². The zero-order valence-corrected chi connectivity index (χ0v) is 16.6. The lowest BCUT2D eigenvalue weighted by Gasteiger charge is -2.49. The van der Waals surface area contributed by atoms with Gasteiger partial charge in [-0.25, -0.2) is 4.79 Å². The zero-order valence-electron chi connectivity index (χ0n) is 16.6. The van der Waals surface area contributed by atoms with Crippen LogP contribution in [-0.2, 0) is 12.0 Å². The molecule has 0 atom stereocenters. The van der Waals surface area contributed by atoms with Gasteiger partial charge in [0.1, 0.15) is 5.56 Å². The number of hydrogen-bond donors (Lipinski definition) is 1. The molecule has 2 aromatic heterocycles. The summed E-state index contributed by atoms with van der Waals surface area (Å²) in [6.45, 7) is 2.02. The molecule has 152 valence electrons. The van der Waals surface area contributed by atoms with Crippen LogP contribution < -0.4 is 10.3 Å². The first-order valence-electron chi connectivity index (χ1n) is 10.5. The monoisotopic (exact) mass is 402 g/mol. The van der Waals surface area contributed by atoms with E-state index in [1.165, 1.54) is 18.1 Å². The molecule has 6 heteroatoms. The maximum absolute atomic E-state index is 12.6. The average Bonchev–Trinajstić information content (AvgIpc) is 3.18. The number of carboxylic acid groups (broad SMARTS) is 1. The number of pyridine rings is 1. The van der Waals surface area contributed by atoms with Crippen molar-refractivity contribution in [2.45, 2.75) is 37.6 Å². The first kappa shape index (κ1) is 17.6. The summed E-state index contributed by atoms with van der Waals surface area (Å²) in [5.74, 6) is -1.16. The quantitative estimate of drug-likeness (QED) is 0.713. The molecule has 0 amide bonds. The molecule has 1 saturated carbocycles. The Morgan fingerprint density at radius 1 is 1.10 bits per heavy atom. The molecule has 3 aromatic rings. The van der Waals surface area contributed by atoms with Crippen LogP contribution in [0.4, 0.5) is 5.69 Å². The number of furan rings is 1. The third kappa shape index (κ3) is 2.36. The molecule has 3 aliphatic rings. The Labute approximate surface area is 173 Å². The van der Waals surface area contributed by atoms with Crippen LogP contribution in [0.25, 0.3) is 22.4 Å². The number of nitrogens with zero attached hydrogens (tertiary/aromatic N) is 2. The molecule has 6 rings (SSSR count). The molecule has 1 aromatic carbocycles. The molecule has 0 unspecified atom stereocenters. The van der Waals surface area contributed by atoms with E-state index in [1.54, 1.807) is 18.7 Å². The molecule has 1 spiro atoms. The second-order valence-corrected chi connectivity index (χ2v) is 8.75. The standard InChI is InChI=1S/C24H22N2O4/c27-22-11-21-18-10-20(25-6-2-7-25)17(15-3-8-30-14-15)9-16(18)12-24(4-1-5-24)26(21)13-19(22)23(28)29/h3,8-11,13-14H,1-2,4-7,12H2,(H,28,29). The van der Waals surface area contributed by atoms with E-state index in [2.05, 4.69) is 21.6 Å². The Morgan fingerprint density at radius 3 is 2.53 bits per heavy atom. The molecular formula is C24H22N2O4. The zero-order chi connectivity index (χ0) is 20.5. The van der Waals surface area contributed by atoms with Gasteiger partial charge in [0.15, 0.2) is 5.43 Å². The van der Waals surface area contributed by atoms with Gasteiger partial charge in [-0.2, -0.15) is 0 Å². The predicted octanol–water partition coefficient (Wildman–Crippen LogP) is 4.12. The molecular weight excluding hydrogens is 380 g/mol. The fraction of sp³-hybridized carbons (Fsp3) is 0.333. The third-order valence-electron chi connectivity index (χ3n) is 7.12. The fourth-order valence-electron chi connectivity index (χ4n) is 5.22. The van der Waals surface area contributed by atoms with Crippen molar-refractivity contribution >= 4 is 11.7 Å². The highest BCUT2D eigenvalue weighted by Gasteiger charge is 2.44. The number of hydrogen-bond acceptors (Lipinski definition) is 4. The number of rotatable bonds is 3. The Balaban J connectivity index is 1.61. The SMILES string of the molecule is O=C(O)c1cn2c(cc1=O)-c1cc(N3CCC3)c(-c3ccoc3)cc1CC21CCC1. The van der Waals surface area contributed by atoms with Gasteiger partial charge >= 0.3 is 5.97 Å². The molecule has 1 N–H and O–H groups in total. The topological polar surface area (TPSA) is 75.7 Å². The Bertz CT molecular complexity index is 1230. The molecule has 1 saturated heterocycles. The molecule has 0 radical (unpaired) electrons. The molecule has 30 heavy (non-hydrogen) atoms. The molecule has 2 fully saturated rings. The van der Waals surface area contributed by atoms with Crippen molar-refractivity contribution in [1.29, 1.82) is 0 Å². The number of aromatic nitrogens is 1. The number of carbonyl (C=O) groups is 1. The van der Waals surface area contributed by atoms with E-state index in [9.17, 15) is 14.7 Å². The van der Waals surface area contributed by atoms with Gasteiger partial charge in [0.25, 0.3) is 0 Å². The van der Waals surface area contributed by atoms with Gasteiger partial charge in [0.05, 0.1) is 18.2 Å². The normalized spacial score (nSPS) is 18.3. The number of aromatic carboxylic acids is 1. The van der Waals surface area contributed by atoms with Crippen molar-refractivity contribution in [3.05, 3.63) is 64.3 Å². The molecule has 6 nitrogen and oxygen atoms in total. The van der Waals surface area contributed by atoms with Gasteiger partial charge in [-0.1, -0.05) is 0 Å². The highest BCUT2D eigenvalue weighted by molar-refractivity contribution is 5.89. The van der Waals surface area contributed by atoms with Crippen molar-refractivity contribution in [3.63, 3.8) is 0 Å². The maximum atomic E-state index is 12.6. The summed E-state index contributed by atoms with van der Waals surface area (Å²) in [4.78, 5) is 26.5. The highest BCUT2D eigenvalue weighted by Crippen LogP contribution is 2.50. The molecule has 1 aliphatic carbocycles. The number of benzene rings is 1. The van der Waals surface area contributed by atoms with E-state index in [0.29, 0.717) is 0 Å². The summed E-state index contributed by atoms with van der Waals surface area (Å²) >= 11 is 0. The minimum atomic E-state index is -1.16. The van der Waals surface area contributed by atoms with Gasteiger partial charge in [-0.3, -0.25) is 4.79 Å². The molecule has 4 heterocycles. The van der Waals surface area contributed by atoms with Crippen LogP contribution in [0.1, 0.15) is 41.6 Å². The van der Waals surface area contributed by atoms with Crippen molar-refractivity contribution in [2.24, 2.45) is 0 Å². The van der Waals surface area contributed by atoms with E-state index in [4.69, 9.17) is 4.42 Å². The van der Waals surface area contributed by atoms with E-state index >= 15 is 0 Å². The van der Waals surface area contributed by atoms with E-state index < -0.39 is 11.4 Å². The number of carboxylic acids is 1. The number of fused-ring (bicyclic) bond motifs is 4. The summed E-state index contributed by atoms with van der Waals surface area (Å²) in [5, 5.41) is 9.49. The van der Waals surface area contributed by atoms with Crippen molar-refractivity contribution < 1.29 is 14.3 Å². The third-order valence-corrected chi connectivity index (χ3v) is 7.12. The second-order valence-electron chi connectivity index (χ2n) is 8.75. The van der Waals surface area contributed by atoms with Crippen molar-refractivity contribution in [2.75, 3.05) is 18.0 Å². The van der Waals surface area contributed by atoms with Crippen LogP contribution in [0, 0.1) is 0 Å². The van der Waals surface area contributed by atoms with Crippen LogP contribution in [0.15, 0.2) is 52.2 Å². The van der Waals surface area contributed by atoms with Crippen molar-refractivity contribution in [3.8, 4) is 22.4 Å². The first-order chi connectivity index (χ1) is 14.6.